The van der Waals surface area contributed by atoms with Crippen LogP contribution >= 0.6 is 15.9 Å². The molecule has 7 nitrogen and oxygen atoms in total. The molecule has 0 spiro atoms. The minimum atomic E-state index is 0.511. The summed E-state index contributed by atoms with van der Waals surface area (Å²) in [5.41, 5.74) is 2.05. The standard InChI is InChI=1S/C16H16BrN7/c17-11-1-10(3-18-4-11)6-23-7-12-2-13(8-23)24(12)16-14-5-21-22-15(14)19-9-20-16/h1,3-5,9,12-13H,2,6-8H2,(H,19,20,21,22). The summed E-state index contributed by atoms with van der Waals surface area (Å²) in [6.07, 6.45) is 8.45. The Morgan fingerprint density at radius 3 is 2.88 bits per heavy atom. The fraction of sp³-hybridized carbons (Fsp3) is 0.375. The zero-order valence-electron chi connectivity index (χ0n) is 12.9. The van der Waals surface area contributed by atoms with Gasteiger partial charge < -0.3 is 4.90 Å². The first-order valence-electron chi connectivity index (χ1n) is 8.02. The molecule has 3 aromatic rings. The number of rotatable bonds is 3. The van der Waals surface area contributed by atoms with Gasteiger partial charge in [-0.15, -0.1) is 0 Å². The van der Waals surface area contributed by atoms with Gasteiger partial charge in [-0.1, -0.05) is 0 Å². The topological polar surface area (TPSA) is 73.8 Å². The van der Waals surface area contributed by atoms with Crippen molar-refractivity contribution in [3.63, 3.8) is 0 Å². The fourth-order valence-electron chi connectivity index (χ4n) is 3.93. The summed E-state index contributed by atoms with van der Waals surface area (Å²) in [6, 6.07) is 3.17. The number of halogens is 1. The van der Waals surface area contributed by atoms with Crippen molar-refractivity contribution >= 4 is 32.8 Å². The number of anilines is 1. The molecule has 3 aromatic heterocycles. The number of piperidine rings is 1. The Bertz CT molecular complexity index is 883. The van der Waals surface area contributed by atoms with E-state index in [0.717, 1.165) is 41.0 Å². The lowest BCUT2D eigenvalue weighted by Gasteiger charge is -2.57. The van der Waals surface area contributed by atoms with E-state index < -0.39 is 0 Å². The first-order chi connectivity index (χ1) is 11.8. The van der Waals surface area contributed by atoms with E-state index in [-0.39, 0.29) is 0 Å². The van der Waals surface area contributed by atoms with Gasteiger partial charge >= 0.3 is 0 Å². The van der Waals surface area contributed by atoms with E-state index in [0.29, 0.717) is 12.1 Å². The van der Waals surface area contributed by atoms with E-state index in [1.165, 1.54) is 12.0 Å². The SMILES string of the molecule is Brc1cncc(CN2CC3CC(C2)N3c2ncnc3[nH]ncc23)c1. The predicted octanol–water partition coefficient (Wildman–Crippen LogP) is 1.97. The molecule has 0 aliphatic carbocycles. The van der Waals surface area contributed by atoms with Gasteiger partial charge in [0.1, 0.15) is 12.1 Å². The lowest BCUT2D eigenvalue weighted by atomic mass is 9.87. The van der Waals surface area contributed by atoms with Crippen LogP contribution in [0, 0.1) is 0 Å². The molecule has 6 heterocycles. The predicted molar refractivity (Wildman–Crippen MR) is 93.6 cm³/mol. The van der Waals surface area contributed by atoms with Crippen molar-refractivity contribution in [3.05, 3.63) is 41.0 Å². The maximum atomic E-state index is 4.52. The normalized spacial score (nSPS) is 23.5. The summed E-state index contributed by atoms with van der Waals surface area (Å²) < 4.78 is 1.03. The molecular weight excluding hydrogens is 370 g/mol. The van der Waals surface area contributed by atoms with Crippen molar-refractivity contribution in [3.8, 4) is 0 Å². The smallest absolute Gasteiger partial charge is 0.160 e. The highest BCUT2D eigenvalue weighted by Gasteiger charge is 2.45. The summed E-state index contributed by atoms with van der Waals surface area (Å²) in [6.45, 7) is 3.04. The Balaban J connectivity index is 1.35. The molecule has 24 heavy (non-hydrogen) atoms. The van der Waals surface area contributed by atoms with Gasteiger partial charge in [-0.3, -0.25) is 15.0 Å². The summed E-state index contributed by atoms with van der Waals surface area (Å²) >= 11 is 3.49. The number of H-pyrrole nitrogens is 1. The van der Waals surface area contributed by atoms with Gasteiger partial charge in [0.05, 0.1) is 11.6 Å². The third-order valence-corrected chi connectivity index (χ3v) is 5.34. The van der Waals surface area contributed by atoms with Crippen molar-refractivity contribution in [1.29, 1.82) is 0 Å². The zero-order valence-corrected chi connectivity index (χ0v) is 14.5. The van der Waals surface area contributed by atoms with Crippen LogP contribution in [0.25, 0.3) is 11.0 Å². The van der Waals surface area contributed by atoms with Crippen LogP contribution in [-0.4, -0.2) is 55.2 Å². The third kappa shape index (κ3) is 2.29. The first-order valence-corrected chi connectivity index (χ1v) is 8.81. The van der Waals surface area contributed by atoms with Gasteiger partial charge in [0, 0.05) is 48.6 Å². The van der Waals surface area contributed by atoms with Gasteiger partial charge in [-0.25, -0.2) is 9.97 Å². The lowest BCUT2D eigenvalue weighted by molar-refractivity contribution is 0.108. The number of hydrogen-bond donors (Lipinski definition) is 1. The van der Waals surface area contributed by atoms with Crippen LogP contribution in [0.15, 0.2) is 35.5 Å². The Morgan fingerprint density at radius 1 is 1.17 bits per heavy atom. The van der Waals surface area contributed by atoms with E-state index in [1.807, 2.05) is 18.6 Å². The molecule has 3 saturated heterocycles. The fourth-order valence-corrected chi connectivity index (χ4v) is 4.34. The van der Waals surface area contributed by atoms with Gasteiger partial charge in [-0.05, 0) is 34.0 Å². The van der Waals surface area contributed by atoms with Gasteiger partial charge in [0.15, 0.2) is 5.65 Å². The highest BCUT2D eigenvalue weighted by Crippen LogP contribution is 2.38. The van der Waals surface area contributed by atoms with Crippen LogP contribution in [0.4, 0.5) is 5.82 Å². The zero-order chi connectivity index (χ0) is 16.1. The van der Waals surface area contributed by atoms with Crippen molar-refractivity contribution < 1.29 is 0 Å². The third-order valence-electron chi connectivity index (χ3n) is 4.91. The number of hydrogen-bond acceptors (Lipinski definition) is 6. The molecule has 3 fully saturated rings. The van der Waals surface area contributed by atoms with Crippen molar-refractivity contribution in [1.82, 2.24) is 30.0 Å². The molecule has 3 aliphatic rings. The van der Waals surface area contributed by atoms with E-state index in [1.54, 1.807) is 6.33 Å². The Kier molecular flexibility index (Phi) is 3.27. The number of pyridine rings is 1. The van der Waals surface area contributed by atoms with Crippen LogP contribution in [0.2, 0.25) is 0 Å². The average Bonchev–Trinajstić information content (AvgIpc) is 3.04. The van der Waals surface area contributed by atoms with Crippen molar-refractivity contribution in [2.75, 3.05) is 18.0 Å². The van der Waals surface area contributed by atoms with E-state index >= 15 is 0 Å². The Hall–Kier alpha value is -2.06. The van der Waals surface area contributed by atoms with Crippen LogP contribution in [0.5, 0.6) is 0 Å². The van der Waals surface area contributed by atoms with Crippen LogP contribution in [0.1, 0.15) is 12.0 Å². The summed E-state index contributed by atoms with van der Waals surface area (Å²) in [5, 5.41) is 8.04. The lowest BCUT2D eigenvalue weighted by Crippen LogP contribution is -2.69. The maximum Gasteiger partial charge on any atom is 0.160 e. The Morgan fingerprint density at radius 2 is 2.04 bits per heavy atom. The number of fused-ring (bicyclic) bond motifs is 3. The molecule has 3 aliphatic heterocycles. The van der Waals surface area contributed by atoms with Gasteiger partial charge in [0.25, 0.3) is 0 Å². The second kappa shape index (κ2) is 5.49. The molecule has 2 unspecified atom stereocenters. The number of nitrogens with one attached hydrogen (secondary N) is 1. The number of aromatic amines is 1. The second-order valence-corrected chi connectivity index (χ2v) is 7.40. The highest BCUT2D eigenvalue weighted by molar-refractivity contribution is 9.10. The Labute approximate surface area is 147 Å². The molecule has 0 amide bonds. The molecule has 8 heteroatoms. The largest absolute Gasteiger partial charge is 0.347 e. The van der Waals surface area contributed by atoms with Gasteiger partial charge in [0.2, 0.25) is 0 Å². The summed E-state index contributed by atoms with van der Waals surface area (Å²) in [5.74, 6) is 1.01. The quantitative estimate of drug-likeness (QED) is 0.742. The second-order valence-electron chi connectivity index (χ2n) is 6.49. The van der Waals surface area contributed by atoms with Crippen LogP contribution < -0.4 is 4.90 Å². The molecule has 0 saturated carbocycles. The number of piperazine rings is 1. The van der Waals surface area contributed by atoms with E-state index in [4.69, 9.17) is 0 Å². The number of aromatic nitrogens is 5. The summed E-state index contributed by atoms with van der Waals surface area (Å²) in [7, 11) is 0. The van der Waals surface area contributed by atoms with Crippen LogP contribution in [-0.2, 0) is 6.54 Å². The molecular formula is C16H16BrN7. The minimum absolute atomic E-state index is 0.511. The first kappa shape index (κ1) is 14.3. The molecule has 6 rings (SSSR count). The van der Waals surface area contributed by atoms with E-state index in [2.05, 4.69) is 56.9 Å². The van der Waals surface area contributed by atoms with E-state index in [9.17, 15) is 0 Å². The molecule has 1 N–H and O–H groups in total. The maximum absolute atomic E-state index is 4.52. The van der Waals surface area contributed by atoms with Crippen molar-refractivity contribution in [2.45, 2.75) is 25.0 Å². The van der Waals surface area contributed by atoms with Crippen LogP contribution in [0.3, 0.4) is 0 Å². The highest BCUT2D eigenvalue weighted by atomic mass is 79.9. The average molecular weight is 386 g/mol. The molecule has 0 radical (unpaired) electrons. The monoisotopic (exact) mass is 385 g/mol. The minimum Gasteiger partial charge on any atom is -0.347 e. The van der Waals surface area contributed by atoms with Crippen molar-refractivity contribution in [2.24, 2.45) is 0 Å². The number of nitrogens with zero attached hydrogens (tertiary/aromatic N) is 6. The molecule has 0 aromatic carbocycles. The molecule has 122 valence electrons. The molecule has 2 bridgehead atoms. The molecule has 2 atom stereocenters. The van der Waals surface area contributed by atoms with Gasteiger partial charge in [-0.2, -0.15) is 5.10 Å². The summed E-state index contributed by atoms with van der Waals surface area (Å²) in [4.78, 5) is 18.0.